The van der Waals surface area contributed by atoms with Crippen molar-refractivity contribution in [2.75, 3.05) is 26.3 Å². The van der Waals surface area contributed by atoms with E-state index in [0.29, 0.717) is 13.1 Å². The predicted octanol–water partition coefficient (Wildman–Crippen LogP) is 7.76. The molecule has 0 saturated heterocycles. The van der Waals surface area contributed by atoms with Crippen molar-refractivity contribution in [3.05, 3.63) is 0 Å². The lowest BCUT2D eigenvalue weighted by Crippen LogP contribution is -2.47. The number of carboxylic acids is 2. The molecule has 0 bridgehead atoms. The van der Waals surface area contributed by atoms with Crippen LogP contribution in [0.2, 0.25) is 0 Å². The Morgan fingerprint density at radius 2 is 0.741 bits per heavy atom. The number of amides is 4. The van der Waals surface area contributed by atoms with Gasteiger partial charge >= 0.3 is 35.9 Å². The van der Waals surface area contributed by atoms with Crippen molar-refractivity contribution >= 4 is 35.9 Å². The number of aliphatic carboxylic acids is 2. The lowest BCUT2D eigenvalue weighted by Gasteiger charge is -2.17. The van der Waals surface area contributed by atoms with Crippen LogP contribution in [0.1, 0.15) is 181 Å². The molecule has 0 saturated carbocycles. The number of hydrogen-bond acceptors (Lipinski definition) is 8. The van der Waals surface area contributed by atoms with Gasteiger partial charge in [-0.1, -0.05) is 129 Å². The molecule has 314 valence electrons. The topological polar surface area (TPSA) is 209 Å². The van der Waals surface area contributed by atoms with Gasteiger partial charge in [-0.15, -0.1) is 0 Å². The van der Waals surface area contributed by atoms with E-state index in [4.69, 9.17) is 19.7 Å². The lowest BCUT2D eigenvalue weighted by atomic mass is 10.1. The number of urea groups is 2. The van der Waals surface area contributed by atoms with E-state index in [0.717, 1.165) is 128 Å². The number of hydrogen-bond donors (Lipinski definition) is 6. The molecule has 0 rings (SSSR count). The number of rotatable bonds is 37. The molecule has 2 atom stereocenters. The first-order valence-corrected chi connectivity index (χ1v) is 21.0. The third-order valence-electron chi connectivity index (χ3n) is 9.13. The highest BCUT2D eigenvalue weighted by molar-refractivity contribution is 5.84. The third kappa shape index (κ3) is 33.0. The molecule has 0 fully saturated rings. The molecule has 0 aliphatic carbocycles. The first-order chi connectivity index (χ1) is 26.1. The Morgan fingerprint density at radius 1 is 0.444 bits per heavy atom. The van der Waals surface area contributed by atoms with Crippen molar-refractivity contribution in [1.82, 2.24) is 21.3 Å². The van der Waals surface area contributed by atoms with Crippen molar-refractivity contribution in [3.63, 3.8) is 0 Å². The molecule has 14 nitrogen and oxygen atoms in total. The summed E-state index contributed by atoms with van der Waals surface area (Å²) in [5, 5.41) is 28.7. The molecular formula is C40H74N4O10. The van der Waals surface area contributed by atoms with Gasteiger partial charge < -0.3 is 41.0 Å². The summed E-state index contributed by atoms with van der Waals surface area (Å²) in [5.41, 5.74) is 0. The van der Waals surface area contributed by atoms with E-state index in [-0.39, 0.29) is 38.9 Å². The number of carbonyl (C=O) groups is 6. The zero-order valence-corrected chi connectivity index (χ0v) is 33.5. The second kappa shape index (κ2) is 36.4. The molecule has 0 aromatic carbocycles. The van der Waals surface area contributed by atoms with Gasteiger partial charge in [0.2, 0.25) is 0 Å². The summed E-state index contributed by atoms with van der Waals surface area (Å²) in [5.74, 6) is -3.28. The molecule has 0 radical (unpaired) electrons. The van der Waals surface area contributed by atoms with Crippen LogP contribution in [-0.2, 0) is 28.7 Å². The first kappa shape index (κ1) is 50.4. The standard InChI is InChI=1S/C40H74N4O10/c1-3-5-7-9-19-23-31-53-37(49)33(25-27-35(45)46)43-39(51)41-29-21-17-15-13-11-12-14-16-18-22-30-42-40(52)44-34(26-28-36(47)48)38(50)54-32-24-20-10-8-6-4-2/h33-34H,3-32H2,1-2H3,(H,45,46)(H,47,48)(H2,41,43,51)(H2,42,44,52)/t33-,34-/m0/s1. The number of ether oxygens (including phenoxy) is 2. The largest absolute Gasteiger partial charge is 0.481 e. The second-order valence-electron chi connectivity index (χ2n) is 14.2. The van der Waals surface area contributed by atoms with Gasteiger partial charge in [0.25, 0.3) is 0 Å². The maximum absolute atomic E-state index is 12.5. The molecule has 0 aliphatic heterocycles. The zero-order valence-electron chi connectivity index (χ0n) is 33.5. The molecule has 6 N–H and O–H groups in total. The highest BCUT2D eigenvalue weighted by Gasteiger charge is 2.24. The van der Waals surface area contributed by atoms with E-state index in [2.05, 4.69) is 35.1 Å². The summed E-state index contributed by atoms with van der Waals surface area (Å²) in [4.78, 5) is 71.7. The van der Waals surface area contributed by atoms with Crippen LogP contribution in [0.3, 0.4) is 0 Å². The van der Waals surface area contributed by atoms with Crippen LogP contribution in [0.25, 0.3) is 0 Å². The maximum atomic E-state index is 12.5. The smallest absolute Gasteiger partial charge is 0.328 e. The Morgan fingerprint density at radius 3 is 1.06 bits per heavy atom. The average molecular weight is 771 g/mol. The van der Waals surface area contributed by atoms with E-state index in [1.54, 1.807) is 0 Å². The highest BCUT2D eigenvalue weighted by atomic mass is 16.5. The Labute approximate surface area is 324 Å². The van der Waals surface area contributed by atoms with Gasteiger partial charge in [-0.3, -0.25) is 9.59 Å². The van der Waals surface area contributed by atoms with Crippen LogP contribution in [0.15, 0.2) is 0 Å². The van der Waals surface area contributed by atoms with Crippen molar-refractivity contribution in [2.45, 2.75) is 193 Å². The summed E-state index contributed by atoms with van der Waals surface area (Å²) in [6.45, 7) is 5.75. The van der Waals surface area contributed by atoms with Gasteiger partial charge in [-0.25, -0.2) is 19.2 Å². The van der Waals surface area contributed by atoms with Crippen molar-refractivity contribution in [2.24, 2.45) is 0 Å². The van der Waals surface area contributed by atoms with E-state index >= 15 is 0 Å². The lowest BCUT2D eigenvalue weighted by molar-refractivity contribution is -0.148. The molecule has 0 unspecified atom stereocenters. The molecule has 0 spiro atoms. The molecular weight excluding hydrogens is 696 g/mol. The molecule has 0 aliphatic rings. The number of nitrogens with one attached hydrogen (secondary N) is 4. The second-order valence-corrected chi connectivity index (χ2v) is 14.2. The van der Waals surface area contributed by atoms with Gasteiger partial charge in [0.05, 0.1) is 13.2 Å². The van der Waals surface area contributed by atoms with Crippen molar-refractivity contribution < 1.29 is 48.5 Å². The van der Waals surface area contributed by atoms with Crippen molar-refractivity contribution in [1.29, 1.82) is 0 Å². The SMILES string of the molecule is CCCCCCCCOC(=O)[C@H](CCC(=O)O)NC(=O)NCCCCCCCCCCCCNC(=O)N[C@@H](CCC(=O)O)C(=O)OCCCCCCCC. The van der Waals surface area contributed by atoms with Crippen LogP contribution >= 0.6 is 0 Å². The summed E-state index contributed by atoms with van der Waals surface area (Å²) in [7, 11) is 0. The quantitative estimate of drug-likeness (QED) is 0.0267. The number of carboxylic acid groups (broad SMARTS) is 2. The van der Waals surface area contributed by atoms with Crippen LogP contribution < -0.4 is 21.3 Å². The van der Waals surface area contributed by atoms with E-state index in [1.165, 1.54) is 12.8 Å². The number of unbranched alkanes of at least 4 members (excludes halogenated alkanes) is 19. The Hall–Kier alpha value is -3.58. The predicted molar refractivity (Wildman–Crippen MR) is 209 cm³/mol. The van der Waals surface area contributed by atoms with Crippen LogP contribution in [0, 0.1) is 0 Å². The fourth-order valence-electron chi connectivity index (χ4n) is 5.83. The normalized spacial score (nSPS) is 12.0. The van der Waals surface area contributed by atoms with Crippen molar-refractivity contribution in [3.8, 4) is 0 Å². The summed E-state index contributed by atoms with van der Waals surface area (Å²) >= 11 is 0. The highest BCUT2D eigenvalue weighted by Crippen LogP contribution is 2.11. The van der Waals surface area contributed by atoms with Gasteiger partial charge in [0.1, 0.15) is 12.1 Å². The maximum Gasteiger partial charge on any atom is 0.328 e. The van der Waals surface area contributed by atoms with Crippen LogP contribution in [0.5, 0.6) is 0 Å². The fourth-order valence-corrected chi connectivity index (χ4v) is 5.83. The summed E-state index contributed by atoms with van der Waals surface area (Å²) < 4.78 is 10.6. The average Bonchev–Trinajstić information content (AvgIpc) is 3.13. The molecule has 0 heterocycles. The van der Waals surface area contributed by atoms with Gasteiger partial charge in [-0.05, 0) is 38.5 Å². The Bertz CT molecular complexity index is 935. The molecule has 0 aromatic rings. The molecule has 14 heteroatoms. The van der Waals surface area contributed by atoms with E-state index < -0.39 is 48.0 Å². The van der Waals surface area contributed by atoms with E-state index in [1.807, 2.05) is 0 Å². The minimum Gasteiger partial charge on any atom is -0.481 e. The zero-order chi connectivity index (χ0) is 40.1. The minimum absolute atomic E-state index is 0.0249. The molecule has 54 heavy (non-hydrogen) atoms. The third-order valence-corrected chi connectivity index (χ3v) is 9.13. The number of esters is 2. The van der Waals surface area contributed by atoms with Gasteiger partial charge in [0, 0.05) is 25.9 Å². The Balaban J connectivity index is 4.01. The van der Waals surface area contributed by atoms with E-state index in [9.17, 15) is 28.8 Å². The van der Waals surface area contributed by atoms with Crippen LogP contribution in [-0.4, -0.2) is 84.5 Å². The molecule has 4 amide bonds. The summed E-state index contributed by atoms with van der Waals surface area (Å²) in [6, 6.07) is -3.00. The van der Waals surface area contributed by atoms with Gasteiger partial charge in [0.15, 0.2) is 0 Å². The fraction of sp³-hybridized carbons (Fsp3) is 0.850. The monoisotopic (exact) mass is 771 g/mol. The Kier molecular flexibility index (Phi) is 34.0. The van der Waals surface area contributed by atoms with Gasteiger partial charge in [-0.2, -0.15) is 0 Å². The summed E-state index contributed by atoms with van der Waals surface area (Å²) in [6.07, 6.45) is 22.1. The minimum atomic E-state index is -1.04. The number of carbonyl (C=O) groups excluding carboxylic acids is 4. The first-order valence-electron chi connectivity index (χ1n) is 21.0. The van der Waals surface area contributed by atoms with Crippen LogP contribution in [0.4, 0.5) is 9.59 Å². The molecule has 0 aromatic heterocycles.